The number of methoxy groups -OCH3 is 1. The molecule has 0 bridgehead atoms. The maximum Gasteiger partial charge on any atom is 0.319 e. The second-order valence-corrected chi connectivity index (χ2v) is 6.00. The molecule has 5 heteroatoms. The van der Waals surface area contributed by atoms with Crippen LogP contribution in [0.5, 0.6) is 0 Å². The Morgan fingerprint density at radius 1 is 1.20 bits per heavy atom. The Labute approximate surface area is 122 Å². The molecule has 1 aliphatic rings. The van der Waals surface area contributed by atoms with E-state index in [1.807, 2.05) is 23.6 Å². The second kappa shape index (κ2) is 7.62. The Balaban J connectivity index is 2.67. The fourth-order valence-corrected chi connectivity index (χ4v) is 2.82. The van der Waals surface area contributed by atoms with Crippen molar-refractivity contribution in [3.63, 3.8) is 0 Å². The summed E-state index contributed by atoms with van der Waals surface area (Å²) >= 11 is 0. The smallest absolute Gasteiger partial charge is 0.319 e. The second-order valence-electron chi connectivity index (χ2n) is 6.00. The van der Waals surface area contributed by atoms with Crippen LogP contribution in [0.4, 0.5) is 0 Å². The number of carbonyl (C=O) groups is 2. The molecule has 0 aromatic carbocycles. The zero-order valence-corrected chi connectivity index (χ0v) is 13.4. The van der Waals surface area contributed by atoms with E-state index in [9.17, 15) is 9.59 Å². The number of carbonyl (C=O) groups excluding carboxylic acids is 2. The molecule has 0 saturated carbocycles. The molecule has 1 fully saturated rings. The first-order valence-electron chi connectivity index (χ1n) is 7.48. The van der Waals surface area contributed by atoms with E-state index >= 15 is 0 Å². The van der Waals surface area contributed by atoms with Crippen LogP contribution in [-0.2, 0) is 14.3 Å². The molecule has 2 atom stereocenters. The predicted molar refractivity (Wildman–Crippen MR) is 78.3 cm³/mol. The lowest BCUT2D eigenvalue weighted by molar-refractivity contribution is -0.144. The standard InChI is InChI=1S/C15H28N2O3/c1-11(2)16(10-15(19)20-5)9-14(18)17-12(3)7-6-8-13(17)4/h11-13H,6-10H2,1-5H3. The minimum Gasteiger partial charge on any atom is -0.468 e. The highest BCUT2D eigenvalue weighted by molar-refractivity contribution is 5.80. The van der Waals surface area contributed by atoms with E-state index < -0.39 is 0 Å². The molecule has 20 heavy (non-hydrogen) atoms. The summed E-state index contributed by atoms with van der Waals surface area (Å²) in [6, 6.07) is 0.713. The van der Waals surface area contributed by atoms with Gasteiger partial charge in [-0.05, 0) is 47.0 Å². The van der Waals surface area contributed by atoms with E-state index in [2.05, 4.69) is 13.8 Å². The van der Waals surface area contributed by atoms with Gasteiger partial charge in [-0.25, -0.2) is 0 Å². The van der Waals surface area contributed by atoms with Crippen LogP contribution in [0.3, 0.4) is 0 Å². The van der Waals surface area contributed by atoms with Crippen LogP contribution in [0.15, 0.2) is 0 Å². The summed E-state index contributed by atoms with van der Waals surface area (Å²) in [6.45, 7) is 8.62. The summed E-state index contributed by atoms with van der Waals surface area (Å²) in [5, 5.41) is 0. The van der Waals surface area contributed by atoms with Gasteiger partial charge >= 0.3 is 5.97 Å². The van der Waals surface area contributed by atoms with E-state index in [-0.39, 0.29) is 31.0 Å². The van der Waals surface area contributed by atoms with Crippen molar-refractivity contribution in [3.8, 4) is 0 Å². The van der Waals surface area contributed by atoms with Crippen LogP contribution in [0.2, 0.25) is 0 Å². The molecule has 0 aliphatic carbocycles. The minimum atomic E-state index is -0.300. The Morgan fingerprint density at radius 3 is 2.20 bits per heavy atom. The van der Waals surface area contributed by atoms with Gasteiger partial charge in [-0.15, -0.1) is 0 Å². The van der Waals surface area contributed by atoms with Crippen molar-refractivity contribution in [2.24, 2.45) is 0 Å². The van der Waals surface area contributed by atoms with Crippen LogP contribution in [0, 0.1) is 0 Å². The largest absolute Gasteiger partial charge is 0.468 e. The van der Waals surface area contributed by atoms with Gasteiger partial charge in [-0.3, -0.25) is 14.5 Å². The van der Waals surface area contributed by atoms with Crippen LogP contribution < -0.4 is 0 Å². The van der Waals surface area contributed by atoms with Crippen LogP contribution in [0.1, 0.15) is 47.0 Å². The predicted octanol–water partition coefficient (Wildman–Crippen LogP) is 1.66. The summed E-state index contributed by atoms with van der Waals surface area (Å²) < 4.78 is 4.69. The van der Waals surface area contributed by atoms with Crippen molar-refractivity contribution in [2.45, 2.75) is 65.1 Å². The Bertz CT molecular complexity index is 334. The lowest BCUT2D eigenvalue weighted by Gasteiger charge is -2.40. The van der Waals surface area contributed by atoms with Crippen molar-refractivity contribution in [3.05, 3.63) is 0 Å². The van der Waals surface area contributed by atoms with Crippen LogP contribution in [-0.4, -0.2) is 60.0 Å². The quantitative estimate of drug-likeness (QED) is 0.720. The number of piperidine rings is 1. The van der Waals surface area contributed by atoms with Gasteiger partial charge in [0.05, 0.1) is 20.2 Å². The van der Waals surface area contributed by atoms with Crippen molar-refractivity contribution < 1.29 is 14.3 Å². The Morgan fingerprint density at radius 2 is 1.75 bits per heavy atom. The molecule has 1 heterocycles. The van der Waals surface area contributed by atoms with Gasteiger partial charge in [0.2, 0.25) is 5.91 Å². The first-order valence-corrected chi connectivity index (χ1v) is 7.48. The molecule has 1 amide bonds. The molecule has 1 rings (SSSR count). The molecular formula is C15H28N2O3. The number of amides is 1. The van der Waals surface area contributed by atoms with Gasteiger partial charge < -0.3 is 9.64 Å². The fraction of sp³-hybridized carbons (Fsp3) is 0.867. The number of esters is 1. The fourth-order valence-electron chi connectivity index (χ4n) is 2.82. The SMILES string of the molecule is COC(=O)CN(CC(=O)N1C(C)CCCC1C)C(C)C. The summed E-state index contributed by atoms with van der Waals surface area (Å²) in [5.74, 6) is -0.187. The van der Waals surface area contributed by atoms with Gasteiger partial charge in [-0.1, -0.05) is 0 Å². The number of ether oxygens (including phenoxy) is 1. The Kier molecular flexibility index (Phi) is 6.46. The van der Waals surface area contributed by atoms with E-state index in [1.165, 1.54) is 13.5 Å². The maximum absolute atomic E-state index is 12.5. The highest BCUT2D eigenvalue weighted by Gasteiger charge is 2.30. The minimum absolute atomic E-state index is 0.113. The lowest BCUT2D eigenvalue weighted by atomic mass is 9.97. The van der Waals surface area contributed by atoms with E-state index in [1.54, 1.807) is 0 Å². The average Bonchev–Trinajstić information content (AvgIpc) is 2.37. The highest BCUT2D eigenvalue weighted by atomic mass is 16.5. The van der Waals surface area contributed by atoms with Gasteiger partial charge in [0.1, 0.15) is 0 Å². The summed E-state index contributed by atoms with van der Waals surface area (Å²) in [4.78, 5) is 27.8. The molecule has 5 nitrogen and oxygen atoms in total. The van der Waals surface area contributed by atoms with Crippen LogP contribution in [0.25, 0.3) is 0 Å². The molecule has 1 aliphatic heterocycles. The van der Waals surface area contributed by atoms with Gasteiger partial charge in [0.25, 0.3) is 0 Å². The molecular weight excluding hydrogens is 256 g/mol. The molecule has 0 N–H and O–H groups in total. The number of hydrogen-bond donors (Lipinski definition) is 0. The monoisotopic (exact) mass is 284 g/mol. The van der Waals surface area contributed by atoms with Crippen molar-refractivity contribution in [1.82, 2.24) is 9.80 Å². The molecule has 2 unspecified atom stereocenters. The highest BCUT2D eigenvalue weighted by Crippen LogP contribution is 2.22. The van der Waals surface area contributed by atoms with Crippen molar-refractivity contribution >= 4 is 11.9 Å². The number of nitrogens with zero attached hydrogens (tertiary/aromatic N) is 2. The first-order chi connectivity index (χ1) is 9.36. The number of likely N-dealkylation sites (tertiary alicyclic amines) is 1. The van der Waals surface area contributed by atoms with Gasteiger partial charge in [0, 0.05) is 18.1 Å². The molecule has 116 valence electrons. The third kappa shape index (κ3) is 4.47. The zero-order valence-electron chi connectivity index (χ0n) is 13.4. The number of rotatable bonds is 5. The Hall–Kier alpha value is -1.10. The summed E-state index contributed by atoms with van der Waals surface area (Å²) in [7, 11) is 1.37. The molecule has 0 aromatic rings. The van der Waals surface area contributed by atoms with E-state index in [0.29, 0.717) is 12.1 Å². The van der Waals surface area contributed by atoms with Crippen molar-refractivity contribution in [1.29, 1.82) is 0 Å². The third-order valence-corrected chi connectivity index (χ3v) is 4.11. The van der Waals surface area contributed by atoms with Gasteiger partial charge in [-0.2, -0.15) is 0 Å². The zero-order chi connectivity index (χ0) is 15.3. The molecule has 0 spiro atoms. The summed E-state index contributed by atoms with van der Waals surface area (Å²) in [5.41, 5.74) is 0. The summed E-state index contributed by atoms with van der Waals surface area (Å²) in [6.07, 6.45) is 3.31. The topological polar surface area (TPSA) is 49.9 Å². The number of hydrogen-bond acceptors (Lipinski definition) is 4. The van der Waals surface area contributed by atoms with E-state index in [4.69, 9.17) is 4.74 Å². The first kappa shape index (κ1) is 17.0. The van der Waals surface area contributed by atoms with Crippen molar-refractivity contribution in [2.75, 3.05) is 20.2 Å². The molecule has 0 aromatic heterocycles. The molecule has 1 saturated heterocycles. The normalized spacial score (nSPS) is 23.2. The lowest BCUT2D eigenvalue weighted by Crippen LogP contribution is -2.52. The van der Waals surface area contributed by atoms with E-state index in [0.717, 1.165) is 12.8 Å². The molecule has 0 radical (unpaired) electrons. The maximum atomic E-state index is 12.5. The van der Waals surface area contributed by atoms with Gasteiger partial charge in [0.15, 0.2) is 0 Å². The van der Waals surface area contributed by atoms with Crippen LogP contribution >= 0.6 is 0 Å². The average molecular weight is 284 g/mol. The third-order valence-electron chi connectivity index (χ3n) is 4.11.